The third kappa shape index (κ3) is 1.43. The molecular formula is C14H22N2. The van der Waals surface area contributed by atoms with Gasteiger partial charge in [0.2, 0.25) is 0 Å². The first-order chi connectivity index (χ1) is 7.71. The minimum atomic E-state index is 0.577. The molecule has 1 aromatic heterocycles. The highest BCUT2D eigenvalue weighted by Crippen LogP contribution is 2.52. The molecule has 1 aromatic rings. The first kappa shape index (κ1) is 10.4. The lowest BCUT2D eigenvalue weighted by molar-refractivity contribution is 0.0894. The molecule has 2 heteroatoms. The van der Waals surface area contributed by atoms with Gasteiger partial charge in [-0.05, 0) is 38.3 Å². The number of hydrogen-bond acceptors (Lipinski definition) is 1. The number of aromatic nitrogens is 1. The van der Waals surface area contributed by atoms with Gasteiger partial charge >= 0.3 is 0 Å². The zero-order valence-electron chi connectivity index (χ0n) is 10.4. The lowest BCUT2D eigenvalue weighted by Crippen LogP contribution is -2.54. The van der Waals surface area contributed by atoms with E-state index in [0.29, 0.717) is 17.5 Å². The Morgan fingerprint density at radius 2 is 2.12 bits per heavy atom. The molecule has 1 N–H and O–H groups in total. The summed E-state index contributed by atoms with van der Waals surface area (Å²) in [5.41, 5.74) is 2.12. The van der Waals surface area contributed by atoms with E-state index >= 15 is 0 Å². The van der Waals surface area contributed by atoms with Crippen LogP contribution in [0.4, 0.5) is 0 Å². The van der Waals surface area contributed by atoms with E-state index in [2.05, 4.69) is 42.2 Å². The standard InChI is InChI=1S/C14H22N2/c1-11(2)16-8-5-12(9-16)13-14(10-15-13)6-3-4-7-14/h5,8-9,11,13,15H,3-4,6-7,10H2,1-2H3/t13-/m1/s1. The van der Waals surface area contributed by atoms with E-state index in [0.717, 1.165) is 0 Å². The largest absolute Gasteiger partial charge is 0.351 e. The van der Waals surface area contributed by atoms with E-state index in [1.165, 1.54) is 37.8 Å². The molecule has 88 valence electrons. The van der Waals surface area contributed by atoms with E-state index in [9.17, 15) is 0 Å². The molecule has 0 bridgehead atoms. The normalized spacial score (nSPS) is 27.6. The molecule has 3 rings (SSSR count). The molecule has 1 atom stereocenters. The third-order valence-electron chi connectivity index (χ3n) is 4.54. The van der Waals surface area contributed by atoms with Crippen molar-refractivity contribution >= 4 is 0 Å². The molecule has 2 aliphatic rings. The van der Waals surface area contributed by atoms with Crippen molar-refractivity contribution in [2.24, 2.45) is 5.41 Å². The van der Waals surface area contributed by atoms with Crippen LogP contribution in [0.2, 0.25) is 0 Å². The molecule has 2 heterocycles. The number of nitrogens with one attached hydrogen (secondary N) is 1. The maximum atomic E-state index is 3.63. The van der Waals surface area contributed by atoms with Crippen LogP contribution < -0.4 is 5.32 Å². The van der Waals surface area contributed by atoms with Crippen LogP contribution in [0.15, 0.2) is 18.5 Å². The predicted molar refractivity (Wildman–Crippen MR) is 66.5 cm³/mol. The second kappa shape index (κ2) is 3.63. The zero-order valence-corrected chi connectivity index (χ0v) is 10.4. The van der Waals surface area contributed by atoms with Crippen molar-refractivity contribution in [3.63, 3.8) is 0 Å². The lowest BCUT2D eigenvalue weighted by atomic mass is 9.70. The lowest BCUT2D eigenvalue weighted by Gasteiger charge is -2.48. The first-order valence-corrected chi connectivity index (χ1v) is 6.62. The monoisotopic (exact) mass is 218 g/mol. The second-order valence-electron chi connectivity index (χ2n) is 5.87. The Labute approximate surface area is 98.0 Å². The van der Waals surface area contributed by atoms with Gasteiger partial charge < -0.3 is 9.88 Å². The van der Waals surface area contributed by atoms with Crippen LogP contribution >= 0.6 is 0 Å². The van der Waals surface area contributed by atoms with Crippen molar-refractivity contribution < 1.29 is 0 Å². The fourth-order valence-electron chi connectivity index (χ4n) is 3.43. The Morgan fingerprint density at radius 1 is 1.38 bits per heavy atom. The van der Waals surface area contributed by atoms with Crippen molar-refractivity contribution in [3.8, 4) is 0 Å². The smallest absolute Gasteiger partial charge is 0.0404 e. The Morgan fingerprint density at radius 3 is 2.62 bits per heavy atom. The Hall–Kier alpha value is -0.760. The van der Waals surface area contributed by atoms with Crippen LogP contribution in [0, 0.1) is 5.41 Å². The summed E-state index contributed by atoms with van der Waals surface area (Å²) in [6.45, 7) is 5.72. The minimum Gasteiger partial charge on any atom is -0.351 e. The van der Waals surface area contributed by atoms with Gasteiger partial charge in [0.1, 0.15) is 0 Å². The summed E-state index contributed by atoms with van der Waals surface area (Å²) >= 11 is 0. The summed E-state index contributed by atoms with van der Waals surface area (Å²) < 4.78 is 2.32. The van der Waals surface area contributed by atoms with Crippen molar-refractivity contribution in [2.45, 2.75) is 51.6 Å². The molecular weight excluding hydrogens is 196 g/mol. The molecule has 0 aromatic carbocycles. The summed E-state index contributed by atoms with van der Waals surface area (Å²) in [5.74, 6) is 0. The van der Waals surface area contributed by atoms with Crippen LogP contribution in [-0.2, 0) is 0 Å². The maximum Gasteiger partial charge on any atom is 0.0404 e. The SMILES string of the molecule is CC(C)n1ccc([C@H]2NCC23CCCC3)c1. The summed E-state index contributed by atoms with van der Waals surface area (Å²) in [6.07, 6.45) is 10.3. The summed E-state index contributed by atoms with van der Waals surface area (Å²) in [4.78, 5) is 0. The van der Waals surface area contributed by atoms with Crippen molar-refractivity contribution in [1.29, 1.82) is 0 Å². The van der Waals surface area contributed by atoms with Gasteiger partial charge in [-0.25, -0.2) is 0 Å². The van der Waals surface area contributed by atoms with Crippen LogP contribution in [0.5, 0.6) is 0 Å². The topological polar surface area (TPSA) is 17.0 Å². The molecule has 0 unspecified atom stereocenters. The molecule has 2 fully saturated rings. The van der Waals surface area contributed by atoms with Gasteiger partial charge in [0, 0.05) is 36.4 Å². The van der Waals surface area contributed by atoms with Gasteiger partial charge in [-0.1, -0.05) is 12.8 Å². The highest BCUT2D eigenvalue weighted by atomic mass is 15.1. The molecule has 1 aliphatic heterocycles. The maximum absolute atomic E-state index is 3.63. The molecule has 16 heavy (non-hydrogen) atoms. The molecule has 1 spiro atoms. The van der Waals surface area contributed by atoms with Gasteiger partial charge in [0.05, 0.1) is 0 Å². The van der Waals surface area contributed by atoms with Gasteiger partial charge in [-0.15, -0.1) is 0 Å². The predicted octanol–water partition coefficient (Wildman–Crippen LogP) is 3.27. The van der Waals surface area contributed by atoms with Gasteiger partial charge in [-0.2, -0.15) is 0 Å². The Balaban J connectivity index is 1.81. The first-order valence-electron chi connectivity index (χ1n) is 6.62. The zero-order chi connectivity index (χ0) is 11.2. The molecule has 0 amide bonds. The average molecular weight is 218 g/mol. The minimum absolute atomic E-state index is 0.577. The van der Waals surface area contributed by atoms with Gasteiger partial charge in [0.25, 0.3) is 0 Å². The fraction of sp³-hybridized carbons (Fsp3) is 0.714. The Bertz CT molecular complexity index is 372. The van der Waals surface area contributed by atoms with Gasteiger partial charge in [0.15, 0.2) is 0 Å². The van der Waals surface area contributed by atoms with Crippen molar-refractivity contribution in [3.05, 3.63) is 24.0 Å². The number of hydrogen-bond donors (Lipinski definition) is 1. The molecule has 1 saturated carbocycles. The molecule has 1 aliphatic carbocycles. The van der Waals surface area contributed by atoms with Crippen LogP contribution in [0.3, 0.4) is 0 Å². The van der Waals surface area contributed by atoms with Crippen molar-refractivity contribution in [1.82, 2.24) is 9.88 Å². The van der Waals surface area contributed by atoms with Crippen molar-refractivity contribution in [2.75, 3.05) is 6.54 Å². The molecule has 2 nitrogen and oxygen atoms in total. The van der Waals surface area contributed by atoms with E-state index in [1.807, 2.05) is 0 Å². The highest BCUT2D eigenvalue weighted by Gasteiger charge is 2.48. The molecule has 0 radical (unpaired) electrons. The van der Waals surface area contributed by atoms with Gasteiger partial charge in [-0.3, -0.25) is 0 Å². The highest BCUT2D eigenvalue weighted by molar-refractivity contribution is 5.24. The second-order valence-corrected chi connectivity index (χ2v) is 5.87. The summed E-state index contributed by atoms with van der Waals surface area (Å²) in [5, 5.41) is 3.63. The quantitative estimate of drug-likeness (QED) is 0.806. The van der Waals surface area contributed by atoms with E-state index < -0.39 is 0 Å². The fourth-order valence-corrected chi connectivity index (χ4v) is 3.43. The Kier molecular flexibility index (Phi) is 2.36. The van der Waals surface area contributed by atoms with E-state index in [1.54, 1.807) is 0 Å². The van der Waals surface area contributed by atoms with Crippen LogP contribution in [0.25, 0.3) is 0 Å². The number of rotatable bonds is 2. The summed E-state index contributed by atoms with van der Waals surface area (Å²) in [6, 6.07) is 3.51. The summed E-state index contributed by atoms with van der Waals surface area (Å²) in [7, 11) is 0. The average Bonchev–Trinajstić information content (AvgIpc) is 2.85. The van der Waals surface area contributed by atoms with E-state index in [-0.39, 0.29) is 0 Å². The molecule has 1 saturated heterocycles. The van der Waals surface area contributed by atoms with E-state index in [4.69, 9.17) is 0 Å². The van der Waals surface area contributed by atoms with Crippen LogP contribution in [0.1, 0.15) is 57.2 Å². The number of nitrogens with zero attached hydrogens (tertiary/aromatic N) is 1. The van der Waals surface area contributed by atoms with Crippen LogP contribution in [-0.4, -0.2) is 11.1 Å². The third-order valence-corrected chi connectivity index (χ3v) is 4.54.